The van der Waals surface area contributed by atoms with Crippen molar-refractivity contribution in [3.05, 3.63) is 62.3 Å². The van der Waals surface area contributed by atoms with Gasteiger partial charge >= 0.3 is 0 Å². The highest BCUT2D eigenvalue weighted by Crippen LogP contribution is 2.30. The Morgan fingerprint density at radius 1 is 1.05 bits per heavy atom. The topological polar surface area (TPSA) is 9.23 Å². The van der Waals surface area contributed by atoms with Crippen LogP contribution in [0.2, 0.25) is 0 Å². The molecule has 20 heavy (non-hydrogen) atoms. The van der Waals surface area contributed by atoms with Gasteiger partial charge in [0.2, 0.25) is 0 Å². The Morgan fingerprint density at radius 2 is 1.70 bits per heavy atom. The zero-order chi connectivity index (χ0) is 14.7. The van der Waals surface area contributed by atoms with Crippen molar-refractivity contribution in [3.8, 4) is 5.75 Å². The molecule has 0 bridgehead atoms. The van der Waals surface area contributed by atoms with E-state index in [1.54, 1.807) is 6.07 Å². The van der Waals surface area contributed by atoms with Crippen molar-refractivity contribution < 1.29 is 9.13 Å². The van der Waals surface area contributed by atoms with Gasteiger partial charge in [-0.15, -0.1) is 0 Å². The van der Waals surface area contributed by atoms with Crippen molar-refractivity contribution in [1.82, 2.24) is 0 Å². The smallest absolute Gasteiger partial charge is 0.130 e. The Balaban J connectivity index is 2.18. The van der Waals surface area contributed by atoms with Gasteiger partial charge in [0.15, 0.2) is 0 Å². The lowest BCUT2D eigenvalue weighted by Crippen LogP contribution is -2.01. The molecule has 0 saturated heterocycles. The lowest BCUT2D eigenvalue weighted by molar-refractivity contribution is 0.295. The first-order valence-electron chi connectivity index (χ1n) is 6.33. The maximum Gasteiger partial charge on any atom is 0.130 e. The Labute approximate surface area is 135 Å². The molecule has 0 spiro atoms. The third-order valence-electron chi connectivity index (χ3n) is 2.99. The van der Waals surface area contributed by atoms with Gasteiger partial charge < -0.3 is 4.74 Å². The normalized spacial score (nSPS) is 10.9. The molecule has 4 heteroatoms. The van der Waals surface area contributed by atoms with Gasteiger partial charge in [0.05, 0.1) is 0 Å². The summed E-state index contributed by atoms with van der Waals surface area (Å²) in [4.78, 5) is 0. The van der Waals surface area contributed by atoms with E-state index in [0.717, 1.165) is 20.3 Å². The number of rotatable bonds is 4. The van der Waals surface area contributed by atoms with Crippen LogP contribution < -0.4 is 4.74 Å². The highest BCUT2D eigenvalue weighted by atomic mass is 79.9. The first-order chi connectivity index (χ1) is 9.47. The number of hydrogen-bond acceptors (Lipinski definition) is 1. The maximum atomic E-state index is 13.8. The summed E-state index contributed by atoms with van der Waals surface area (Å²) in [5.41, 5.74) is 1.66. The number of benzene rings is 2. The first-order valence-corrected chi connectivity index (χ1v) is 7.92. The van der Waals surface area contributed by atoms with Crippen LogP contribution in [0.15, 0.2) is 45.3 Å². The summed E-state index contributed by atoms with van der Waals surface area (Å²) in [7, 11) is 0. The van der Waals surface area contributed by atoms with Crippen LogP contribution in [0.4, 0.5) is 4.39 Å². The van der Waals surface area contributed by atoms with Crippen molar-refractivity contribution in [2.45, 2.75) is 26.4 Å². The van der Waals surface area contributed by atoms with Crippen LogP contribution in [-0.2, 0) is 6.61 Å². The van der Waals surface area contributed by atoms with Crippen molar-refractivity contribution >= 4 is 31.9 Å². The van der Waals surface area contributed by atoms with E-state index in [9.17, 15) is 4.39 Å². The second-order valence-electron chi connectivity index (χ2n) is 4.86. The van der Waals surface area contributed by atoms with E-state index in [1.165, 1.54) is 6.07 Å². The van der Waals surface area contributed by atoms with Gasteiger partial charge in [0, 0.05) is 14.5 Å². The number of halogens is 3. The summed E-state index contributed by atoms with van der Waals surface area (Å²) < 4.78 is 21.3. The molecule has 0 fully saturated rings. The summed E-state index contributed by atoms with van der Waals surface area (Å²) in [6, 6.07) is 10.9. The molecule has 1 nitrogen and oxygen atoms in total. The quantitative estimate of drug-likeness (QED) is 0.605. The molecular weight excluding hydrogens is 387 g/mol. The molecule has 0 aliphatic rings. The van der Waals surface area contributed by atoms with Gasteiger partial charge in [0.25, 0.3) is 0 Å². The highest BCUT2D eigenvalue weighted by Gasteiger charge is 2.10. The van der Waals surface area contributed by atoms with Crippen LogP contribution in [0.25, 0.3) is 0 Å². The highest BCUT2D eigenvalue weighted by molar-refractivity contribution is 9.10. The van der Waals surface area contributed by atoms with Crippen molar-refractivity contribution in [3.63, 3.8) is 0 Å². The molecule has 0 aromatic heterocycles. The van der Waals surface area contributed by atoms with Gasteiger partial charge in [-0.1, -0.05) is 51.8 Å². The van der Waals surface area contributed by atoms with Gasteiger partial charge in [0.1, 0.15) is 18.2 Å². The zero-order valence-electron chi connectivity index (χ0n) is 11.3. The van der Waals surface area contributed by atoms with Gasteiger partial charge in [-0.05, 0) is 41.8 Å². The standard InChI is InChI=1S/C16H15Br2FO/c1-10(2)14-7-12(17)5-6-16(14)20-9-11-3-4-13(18)8-15(11)19/h3-8,10H,9H2,1-2H3. The Bertz CT molecular complexity index is 611. The van der Waals surface area contributed by atoms with Gasteiger partial charge in [-0.25, -0.2) is 4.39 Å². The number of hydrogen-bond donors (Lipinski definition) is 0. The monoisotopic (exact) mass is 400 g/mol. The summed E-state index contributed by atoms with van der Waals surface area (Å²) in [5, 5.41) is 0. The minimum atomic E-state index is -0.261. The molecule has 0 aliphatic carbocycles. The predicted molar refractivity (Wildman–Crippen MR) is 86.7 cm³/mol. The average Bonchev–Trinajstić information content (AvgIpc) is 2.38. The van der Waals surface area contributed by atoms with Crippen LogP contribution >= 0.6 is 31.9 Å². The molecule has 0 N–H and O–H groups in total. The third kappa shape index (κ3) is 3.83. The molecule has 0 heterocycles. The minimum absolute atomic E-state index is 0.223. The lowest BCUT2D eigenvalue weighted by atomic mass is 10.0. The minimum Gasteiger partial charge on any atom is -0.489 e. The van der Waals surface area contributed by atoms with Gasteiger partial charge in [-0.3, -0.25) is 0 Å². The van der Waals surface area contributed by atoms with Crippen molar-refractivity contribution in [2.75, 3.05) is 0 Å². The largest absolute Gasteiger partial charge is 0.489 e. The van der Waals surface area contributed by atoms with E-state index in [2.05, 4.69) is 45.7 Å². The zero-order valence-corrected chi connectivity index (χ0v) is 14.5. The predicted octanol–water partition coefficient (Wildman–Crippen LogP) is 6.05. The second kappa shape index (κ2) is 6.72. The number of ether oxygens (including phenoxy) is 1. The van der Waals surface area contributed by atoms with E-state index >= 15 is 0 Å². The summed E-state index contributed by atoms with van der Waals surface area (Å²) >= 11 is 6.70. The molecule has 2 aromatic rings. The fourth-order valence-corrected chi connectivity index (χ4v) is 2.61. The third-order valence-corrected chi connectivity index (χ3v) is 3.98. The van der Waals surface area contributed by atoms with Crippen LogP contribution in [0.3, 0.4) is 0 Å². The molecule has 0 amide bonds. The van der Waals surface area contributed by atoms with Crippen LogP contribution in [0.5, 0.6) is 5.75 Å². The average molecular weight is 402 g/mol. The molecule has 2 aromatic carbocycles. The maximum absolute atomic E-state index is 13.8. The Morgan fingerprint density at radius 3 is 2.35 bits per heavy atom. The Hall–Kier alpha value is -0.870. The van der Waals surface area contributed by atoms with Crippen LogP contribution in [0, 0.1) is 5.82 Å². The molecule has 0 unspecified atom stereocenters. The van der Waals surface area contributed by atoms with Crippen LogP contribution in [0.1, 0.15) is 30.9 Å². The van der Waals surface area contributed by atoms with Crippen molar-refractivity contribution in [2.24, 2.45) is 0 Å². The van der Waals surface area contributed by atoms with Crippen LogP contribution in [-0.4, -0.2) is 0 Å². The van der Waals surface area contributed by atoms with Gasteiger partial charge in [-0.2, -0.15) is 0 Å². The summed E-state index contributed by atoms with van der Waals surface area (Å²) in [5.74, 6) is 0.880. The molecule has 0 atom stereocenters. The Kier molecular flexibility index (Phi) is 5.22. The second-order valence-corrected chi connectivity index (χ2v) is 6.69. The molecular formula is C16H15Br2FO. The lowest BCUT2D eigenvalue weighted by Gasteiger charge is -2.15. The van der Waals surface area contributed by atoms with E-state index in [-0.39, 0.29) is 12.4 Å². The SMILES string of the molecule is CC(C)c1cc(Br)ccc1OCc1ccc(Br)cc1F. The van der Waals surface area contributed by atoms with E-state index < -0.39 is 0 Å². The van der Waals surface area contributed by atoms with Crippen molar-refractivity contribution in [1.29, 1.82) is 0 Å². The molecule has 0 aliphatic heterocycles. The first kappa shape index (κ1) is 15.5. The fraction of sp³-hybridized carbons (Fsp3) is 0.250. The molecule has 0 saturated carbocycles. The molecule has 0 radical (unpaired) electrons. The fourth-order valence-electron chi connectivity index (χ4n) is 1.90. The molecule has 106 valence electrons. The molecule has 2 rings (SSSR count). The van der Waals surface area contributed by atoms with E-state index in [1.807, 2.05) is 24.3 Å². The van der Waals surface area contributed by atoms with E-state index in [4.69, 9.17) is 4.74 Å². The summed E-state index contributed by atoms with van der Waals surface area (Å²) in [6.07, 6.45) is 0. The summed E-state index contributed by atoms with van der Waals surface area (Å²) in [6.45, 7) is 4.43. The van der Waals surface area contributed by atoms with E-state index in [0.29, 0.717) is 11.5 Å².